The summed E-state index contributed by atoms with van der Waals surface area (Å²) in [5.74, 6) is 0.139. The van der Waals surface area contributed by atoms with Crippen LogP contribution in [0, 0.1) is 5.82 Å². The Labute approximate surface area is 122 Å². The second kappa shape index (κ2) is 5.63. The minimum atomic E-state index is -0.581. The van der Waals surface area contributed by atoms with Crippen LogP contribution in [-0.2, 0) is 0 Å². The van der Waals surface area contributed by atoms with Crippen molar-refractivity contribution in [1.82, 2.24) is 4.98 Å². The standard InChI is InChI=1S/C12H9BrClFN2O2/c1-18-12-9(16)2-3-11(17-12)19-10-5-8(15)7(14)4-6(10)13/h2-5H,16H2,1H3. The normalized spacial score (nSPS) is 10.3. The second-order valence-corrected chi connectivity index (χ2v) is 4.81. The molecule has 7 heteroatoms. The second-order valence-electron chi connectivity index (χ2n) is 3.55. The molecule has 100 valence electrons. The lowest BCUT2D eigenvalue weighted by Gasteiger charge is -2.09. The summed E-state index contributed by atoms with van der Waals surface area (Å²) in [7, 11) is 1.44. The highest BCUT2D eigenvalue weighted by Crippen LogP contribution is 2.34. The molecular weight excluding hydrogens is 338 g/mol. The van der Waals surface area contributed by atoms with Gasteiger partial charge in [-0.25, -0.2) is 4.39 Å². The van der Waals surface area contributed by atoms with E-state index in [2.05, 4.69) is 20.9 Å². The monoisotopic (exact) mass is 346 g/mol. The number of benzene rings is 1. The highest BCUT2D eigenvalue weighted by molar-refractivity contribution is 9.10. The fraction of sp³-hybridized carbons (Fsp3) is 0.0833. The van der Waals surface area contributed by atoms with Crippen molar-refractivity contribution in [1.29, 1.82) is 0 Å². The molecule has 0 saturated carbocycles. The largest absolute Gasteiger partial charge is 0.479 e. The van der Waals surface area contributed by atoms with Crippen molar-refractivity contribution < 1.29 is 13.9 Å². The molecule has 2 aromatic rings. The molecule has 19 heavy (non-hydrogen) atoms. The van der Waals surface area contributed by atoms with Crippen LogP contribution in [0.15, 0.2) is 28.7 Å². The van der Waals surface area contributed by atoms with Crippen molar-refractivity contribution >= 4 is 33.2 Å². The number of pyridine rings is 1. The van der Waals surface area contributed by atoms with Gasteiger partial charge in [-0.05, 0) is 28.1 Å². The number of rotatable bonds is 3. The van der Waals surface area contributed by atoms with Crippen LogP contribution < -0.4 is 15.2 Å². The van der Waals surface area contributed by atoms with Crippen LogP contribution in [0.25, 0.3) is 0 Å². The Bertz CT molecular complexity index is 625. The van der Waals surface area contributed by atoms with E-state index in [4.69, 9.17) is 26.8 Å². The molecule has 0 aliphatic rings. The van der Waals surface area contributed by atoms with E-state index in [1.807, 2.05) is 0 Å². The number of aromatic nitrogens is 1. The van der Waals surface area contributed by atoms with E-state index in [1.165, 1.54) is 13.2 Å². The van der Waals surface area contributed by atoms with Crippen molar-refractivity contribution in [2.45, 2.75) is 0 Å². The maximum atomic E-state index is 13.4. The van der Waals surface area contributed by atoms with E-state index >= 15 is 0 Å². The number of halogens is 3. The molecule has 0 spiro atoms. The number of nitrogen functional groups attached to an aromatic ring is 1. The van der Waals surface area contributed by atoms with E-state index in [0.29, 0.717) is 10.2 Å². The molecule has 0 atom stereocenters. The van der Waals surface area contributed by atoms with Crippen LogP contribution in [0.5, 0.6) is 17.5 Å². The summed E-state index contributed by atoms with van der Waals surface area (Å²) in [6.07, 6.45) is 0. The minimum Gasteiger partial charge on any atom is -0.479 e. The summed E-state index contributed by atoms with van der Waals surface area (Å²) in [5, 5.41) is 0.00192. The average Bonchev–Trinajstić information content (AvgIpc) is 2.38. The molecule has 0 radical (unpaired) electrons. The van der Waals surface area contributed by atoms with Gasteiger partial charge in [-0.3, -0.25) is 0 Å². The van der Waals surface area contributed by atoms with Crippen LogP contribution in [0.3, 0.4) is 0 Å². The topological polar surface area (TPSA) is 57.4 Å². The smallest absolute Gasteiger partial charge is 0.240 e. The molecule has 0 saturated heterocycles. The number of nitrogens with zero attached hydrogens (tertiary/aromatic N) is 1. The van der Waals surface area contributed by atoms with E-state index in [-0.39, 0.29) is 22.5 Å². The van der Waals surface area contributed by atoms with Gasteiger partial charge in [-0.1, -0.05) is 11.6 Å². The van der Waals surface area contributed by atoms with Crippen LogP contribution in [0.2, 0.25) is 5.02 Å². The van der Waals surface area contributed by atoms with Gasteiger partial charge < -0.3 is 15.2 Å². The zero-order valence-corrected chi connectivity index (χ0v) is 12.1. The lowest BCUT2D eigenvalue weighted by Crippen LogP contribution is -1.97. The minimum absolute atomic E-state index is 0.00192. The molecule has 1 heterocycles. The summed E-state index contributed by atoms with van der Waals surface area (Å²) in [6.45, 7) is 0. The zero-order chi connectivity index (χ0) is 14.0. The zero-order valence-electron chi connectivity index (χ0n) is 9.78. The summed E-state index contributed by atoms with van der Waals surface area (Å²) >= 11 is 8.87. The highest BCUT2D eigenvalue weighted by Gasteiger charge is 2.11. The van der Waals surface area contributed by atoms with E-state index in [9.17, 15) is 4.39 Å². The predicted molar refractivity (Wildman–Crippen MR) is 74.4 cm³/mol. The van der Waals surface area contributed by atoms with E-state index in [0.717, 1.165) is 6.07 Å². The van der Waals surface area contributed by atoms with Crippen molar-refractivity contribution in [2.24, 2.45) is 0 Å². The Morgan fingerprint density at radius 2 is 2.11 bits per heavy atom. The lowest BCUT2D eigenvalue weighted by atomic mass is 10.3. The predicted octanol–water partition coefficient (Wildman–Crippen LogP) is 4.02. The summed E-state index contributed by atoms with van der Waals surface area (Å²) in [4.78, 5) is 4.03. The summed E-state index contributed by atoms with van der Waals surface area (Å²) in [5.41, 5.74) is 6.02. The molecule has 0 amide bonds. The molecule has 0 unspecified atom stereocenters. The quantitative estimate of drug-likeness (QED) is 0.852. The Kier molecular flexibility index (Phi) is 4.11. The lowest BCUT2D eigenvalue weighted by molar-refractivity contribution is 0.384. The SMILES string of the molecule is COc1nc(Oc2cc(F)c(Cl)cc2Br)ccc1N. The summed E-state index contributed by atoms with van der Waals surface area (Å²) < 4.78 is 24.3. The van der Waals surface area contributed by atoms with Crippen LogP contribution in [-0.4, -0.2) is 12.1 Å². The maximum absolute atomic E-state index is 13.4. The van der Waals surface area contributed by atoms with E-state index < -0.39 is 5.82 Å². The Hall–Kier alpha value is -1.53. The molecule has 2 rings (SSSR count). The summed E-state index contributed by atoms with van der Waals surface area (Å²) in [6, 6.07) is 5.70. The Balaban J connectivity index is 2.33. The molecule has 0 bridgehead atoms. The Morgan fingerprint density at radius 3 is 2.79 bits per heavy atom. The molecule has 1 aromatic carbocycles. The van der Waals surface area contributed by atoms with Crippen molar-refractivity contribution in [3.8, 4) is 17.5 Å². The molecular formula is C12H9BrClFN2O2. The van der Waals surface area contributed by atoms with Gasteiger partial charge >= 0.3 is 0 Å². The van der Waals surface area contributed by atoms with E-state index in [1.54, 1.807) is 12.1 Å². The number of ether oxygens (including phenoxy) is 2. The third-order valence-corrected chi connectivity index (χ3v) is 3.16. The Morgan fingerprint density at radius 1 is 1.37 bits per heavy atom. The third-order valence-electron chi connectivity index (χ3n) is 2.25. The van der Waals surface area contributed by atoms with Crippen molar-refractivity contribution in [3.05, 3.63) is 39.6 Å². The first-order valence-electron chi connectivity index (χ1n) is 5.14. The van der Waals surface area contributed by atoms with Gasteiger partial charge in [-0.15, -0.1) is 0 Å². The van der Waals surface area contributed by atoms with Crippen molar-refractivity contribution in [3.63, 3.8) is 0 Å². The number of methoxy groups -OCH3 is 1. The van der Waals surface area contributed by atoms with Crippen LogP contribution >= 0.6 is 27.5 Å². The molecule has 2 N–H and O–H groups in total. The fourth-order valence-electron chi connectivity index (χ4n) is 1.35. The fourth-order valence-corrected chi connectivity index (χ4v) is 2.07. The van der Waals surface area contributed by atoms with Crippen LogP contribution in [0.1, 0.15) is 0 Å². The molecule has 1 aromatic heterocycles. The highest BCUT2D eigenvalue weighted by atomic mass is 79.9. The number of hydrogen-bond acceptors (Lipinski definition) is 4. The number of nitrogens with two attached hydrogens (primary N) is 1. The van der Waals surface area contributed by atoms with Crippen molar-refractivity contribution in [2.75, 3.05) is 12.8 Å². The van der Waals surface area contributed by atoms with Crippen LogP contribution in [0.4, 0.5) is 10.1 Å². The maximum Gasteiger partial charge on any atom is 0.240 e. The average molecular weight is 348 g/mol. The van der Waals surface area contributed by atoms with Gasteiger partial charge in [0.15, 0.2) is 0 Å². The van der Waals surface area contributed by atoms with Gasteiger partial charge in [0.25, 0.3) is 0 Å². The molecule has 4 nitrogen and oxygen atoms in total. The number of hydrogen-bond donors (Lipinski definition) is 1. The third kappa shape index (κ3) is 3.08. The van der Waals surface area contributed by atoms with Gasteiger partial charge in [0.1, 0.15) is 11.6 Å². The van der Waals surface area contributed by atoms with Gasteiger partial charge in [0.05, 0.1) is 22.3 Å². The first-order chi connectivity index (χ1) is 9.01. The van der Waals surface area contributed by atoms with Gasteiger partial charge in [0, 0.05) is 12.1 Å². The first kappa shape index (κ1) is 13.9. The molecule has 0 aliphatic carbocycles. The molecule has 0 aliphatic heterocycles. The van der Waals surface area contributed by atoms with Gasteiger partial charge in [-0.2, -0.15) is 4.98 Å². The first-order valence-corrected chi connectivity index (χ1v) is 6.31. The molecule has 0 fully saturated rings. The van der Waals surface area contributed by atoms with Gasteiger partial charge in [0.2, 0.25) is 11.8 Å². The number of anilines is 1.